The number of carbonyl (C=O) groups excluding carboxylic acids is 2. The van der Waals surface area contributed by atoms with E-state index in [0.717, 1.165) is 0 Å². The third-order valence-electron chi connectivity index (χ3n) is 3.86. The minimum atomic E-state index is -0.404. The lowest BCUT2D eigenvalue weighted by atomic mass is 9.64. The molecular formula is C15H28O4. The standard InChI is InChI=1S/C15H28O4/c1-7-18-13(16)9-15(11(3)4,12(5)6)10-14(17)19-8-2/h11-12H,7-10H2,1-6H3. The van der Waals surface area contributed by atoms with Gasteiger partial charge in [-0.1, -0.05) is 27.7 Å². The average Bonchev–Trinajstić information content (AvgIpc) is 2.27. The summed E-state index contributed by atoms with van der Waals surface area (Å²) in [4.78, 5) is 23.7. The van der Waals surface area contributed by atoms with Crippen molar-refractivity contribution in [3.63, 3.8) is 0 Å². The van der Waals surface area contributed by atoms with Gasteiger partial charge in [-0.05, 0) is 31.1 Å². The summed E-state index contributed by atoms with van der Waals surface area (Å²) in [6, 6.07) is 0. The SMILES string of the molecule is CCOC(=O)CC(CC(=O)OCC)(C(C)C)C(C)C. The zero-order valence-corrected chi connectivity index (χ0v) is 13.1. The van der Waals surface area contributed by atoms with E-state index in [-0.39, 0.29) is 36.6 Å². The van der Waals surface area contributed by atoms with Gasteiger partial charge in [0.15, 0.2) is 0 Å². The van der Waals surface area contributed by atoms with Crippen molar-refractivity contribution in [3.05, 3.63) is 0 Å². The number of carbonyl (C=O) groups is 2. The van der Waals surface area contributed by atoms with Crippen LogP contribution in [-0.2, 0) is 19.1 Å². The Hall–Kier alpha value is -1.06. The molecule has 0 unspecified atom stereocenters. The van der Waals surface area contributed by atoms with Crippen molar-refractivity contribution < 1.29 is 19.1 Å². The highest BCUT2D eigenvalue weighted by Crippen LogP contribution is 2.43. The molecule has 4 heteroatoms. The van der Waals surface area contributed by atoms with Crippen molar-refractivity contribution in [3.8, 4) is 0 Å². The minimum Gasteiger partial charge on any atom is -0.466 e. The molecule has 0 rings (SSSR count). The fourth-order valence-corrected chi connectivity index (χ4v) is 2.51. The van der Waals surface area contributed by atoms with Gasteiger partial charge in [0, 0.05) is 0 Å². The highest BCUT2D eigenvalue weighted by Gasteiger charge is 2.41. The monoisotopic (exact) mass is 272 g/mol. The number of hydrogen-bond acceptors (Lipinski definition) is 4. The third kappa shape index (κ3) is 5.21. The van der Waals surface area contributed by atoms with Crippen LogP contribution in [0.3, 0.4) is 0 Å². The lowest BCUT2D eigenvalue weighted by molar-refractivity contribution is -0.154. The lowest BCUT2D eigenvalue weighted by Gasteiger charge is -2.40. The van der Waals surface area contributed by atoms with Crippen molar-refractivity contribution in [1.29, 1.82) is 0 Å². The lowest BCUT2D eigenvalue weighted by Crippen LogP contribution is -2.38. The van der Waals surface area contributed by atoms with Gasteiger partial charge in [-0.3, -0.25) is 9.59 Å². The van der Waals surface area contributed by atoms with E-state index in [1.807, 2.05) is 27.7 Å². The Bertz CT molecular complexity index is 265. The van der Waals surface area contributed by atoms with Crippen LogP contribution in [0.25, 0.3) is 0 Å². The van der Waals surface area contributed by atoms with E-state index >= 15 is 0 Å². The normalized spacial score (nSPS) is 11.8. The van der Waals surface area contributed by atoms with Crippen molar-refractivity contribution in [2.45, 2.75) is 54.4 Å². The second-order valence-corrected chi connectivity index (χ2v) is 5.51. The smallest absolute Gasteiger partial charge is 0.306 e. The van der Waals surface area contributed by atoms with E-state index < -0.39 is 5.41 Å². The van der Waals surface area contributed by atoms with Crippen LogP contribution in [0, 0.1) is 17.3 Å². The maximum Gasteiger partial charge on any atom is 0.306 e. The van der Waals surface area contributed by atoms with Gasteiger partial charge in [-0.25, -0.2) is 0 Å². The molecule has 0 aromatic rings. The predicted molar refractivity (Wildman–Crippen MR) is 74.6 cm³/mol. The predicted octanol–water partition coefficient (Wildman–Crippen LogP) is 3.19. The largest absolute Gasteiger partial charge is 0.466 e. The van der Waals surface area contributed by atoms with Gasteiger partial charge in [0.05, 0.1) is 26.1 Å². The molecule has 0 fully saturated rings. The van der Waals surface area contributed by atoms with E-state index in [0.29, 0.717) is 13.2 Å². The molecule has 0 spiro atoms. The van der Waals surface area contributed by atoms with Gasteiger partial charge < -0.3 is 9.47 Å². The first-order valence-corrected chi connectivity index (χ1v) is 7.11. The summed E-state index contributed by atoms with van der Waals surface area (Å²) in [6.45, 7) is 12.5. The van der Waals surface area contributed by atoms with Crippen LogP contribution in [0.2, 0.25) is 0 Å². The van der Waals surface area contributed by atoms with Crippen LogP contribution in [0.15, 0.2) is 0 Å². The molecule has 0 radical (unpaired) electrons. The number of rotatable bonds is 8. The zero-order chi connectivity index (χ0) is 15.1. The summed E-state index contributed by atoms with van der Waals surface area (Å²) in [5.74, 6) is -0.0916. The molecule has 112 valence electrons. The van der Waals surface area contributed by atoms with Crippen LogP contribution < -0.4 is 0 Å². The van der Waals surface area contributed by atoms with E-state index in [9.17, 15) is 9.59 Å². The van der Waals surface area contributed by atoms with Gasteiger partial charge in [0.1, 0.15) is 0 Å². The molecule has 0 saturated carbocycles. The highest BCUT2D eigenvalue weighted by atomic mass is 16.5. The second kappa shape index (κ2) is 8.18. The van der Waals surface area contributed by atoms with Crippen molar-refractivity contribution in [2.75, 3.05) is 13.2 Å². The molecule has 0 aromatic heterocycles. The fraction of sp³-hybridized carbons (Fsp3) is 0.867. The molecule has 4 nitrogen and oxygen atoms in total. The molecule has 0 aliphatic rings. The van der Waals surface area contributed by atoms with Crippen molar-refractivity contribution >= 4 is 11.9 Å². The zero-order valence-electron chi connectivity index (χ0n) is 13.1. The minimum absolute atomic E-state index is 0.196. The Morgan fingerprint density at radius 2 is 1.16 bits per heavy atom. The van der Waals surface area contributed by atoms with Crippen LogP contribution in [0.1, 0.15) is 54.4 Å². The molecule has 0 amide bonds. The molecule has 0 N–H and O–H groups in total. The quantitative estimate of drug-likeness (QED) is 0.637. The van der Waals surface area contributed by atoms with E-state index in [1.54, 1.807) is 13.8 Å². The van der Waals surface area contributed by atoms with Gasteiger partial charge in [-0.15, -0.1) is 0 Å². The summed E-state index contributed by atoms with van der Waals surface area (Å²) < 4.78 is 10.1. The van der Waals surface area contributed by atoms with Crippen LogP contribution in [0.4, 0.5) is 0 Å². The topological polar surface area (TPSA) is 52.6 Å². The fourth-order valence-electron chi connectivity index (χ4n) is 2.51. The summed E-state index contributed by atoms with van der Waals surface area (Å²) in [5, 5.41) is 0. The molecule has 0 aliphatic heterocycles. The van der Waals surface area contributed by atoms with E-state index in [2.05, 4.69) is 0 Å². The Labute approximate surface area is 116 Å². The average molecular weight is 272 g/mol. The summed E-state index contributed by atoms with van der Waals surface area (Å²) >= 11 is 0. The molecule has 19 heavy (non-hydrogen) atoms. The van der Waals surface area contributed by atoms with Crippen molar-refractivity contribution in [1.82, 2.24) is 0 Å². The summed E-state index contributed by atoms with van der Waals surface area (Å²) in [5.41, 5.74) is -0.404. The molecule has 0 aliphatic carbocycles. The number of hydrogen-bond donors (Lipinski definition) is 0. The van der Waals surface area contributed by atoms with Gasteiger partial charge >= 0.3 is 11.9 Å². The third-order valence-corrected chi connectivity index (χ3v) is 3.86. The maximum absolute atomic E-state index is 11.8. The Morgan fingerprint density at radius 3 is 1.37 bits per heavy atom. The van der Waals surface area contributed by atoms with Gasteiger partial charge in [0.2, 0.25) is 0 Å². The van der Waals surface area contributed by atoms with Crippen LogP contribution >= 0.6 is 0 Å². The molecule has 0 bridgehead atoms. The molecule has 0 atom stereocenters. The molecular weight excluding hydrogens is 244 g/mol. The molecule has 0 heterocycles. The first kappa shape index (κ1) is 17.9. The van der Waals surface area contributed by atoms with Gasteiger partial charge in [-0.2, -0.15) is 0 Å². The number of esters is 2. The highest BCUT2D eigenvalue weighted by molar-refractivity contribution is 5.74. The first-order chi connectivity index (χ1) is 8.80. The summed E-state index contributed by atoms with van der Waals surface area (Å²) in [6.07, 6.45) is 0.518. The van der Waals surface area contributed by atoms with E-state index in [1.165, 1.54) is 0 Å². The maximum atomic E-state index is 11.8. The number of ether oxygens (including phenoxy) is 2. The first-order valence-electron chi connectivity index (χ1n) is 7.11. The van der Waals surface area contributed by atoms with Gasteiger partial charge in [0.25, 0.3) is 0 Å². The van der Waals surface area contributed by atoms with Crippen LogP contribution in [-0.4, -0.2) is 25.2 Å². The Balaban J connectivity index is 5.08. The Morgan fingerprint density at radius 1 is 0.842 bits per heavy atom. The molecule has 0 aromatic carbocycles. The summed E-state index contributed by atoms with van der Waals surface area (Å²) in [7, 11) is 0. The van der Waals surface area contributed by atoms with E-state index in [4.69, 9.17) is 9.47 Å². The molecule has 0 saturated heterocycles. The second-order valence-electron chi connectivity index (χ2n) is 5.51. The Kier molecular flexibility index (Phi) is 7.72. The van der Waals surface area contributed by atoms with Crippen molar-refractivity contribution in [2.24, 2.45) is 17.3 Å². The van der Waals surface area contributed by atoms with Crippen LogP contribution in [0.5, 0.6) is 0 Å².